The fraction of sp³-hybridized carbons (Fsp3) is 0.0667. The van der Waals surface area contributed by atoms with Crippen molar-refractivity contribution in [3.05, 3.63) is 53.4 Å². The lowest BCUT2D eigenvalue weighted by molar-refractivity contribution is -0.113. The van der Waals surface area contributed by atoms with E-state index < -0.39 is 0 Å². The van der Waals surface area contributed by atoms with Gasteiger partial charge in [0.25, 0.3) is 0 Å². The Labute approximate surface area is 155 Å². The second kappa shape index (κ2) is 8.24. The summed E-state index contributed by atoms with van der Waals surface area (Å²) in [6, 6.07) is 9.55. The molecule has 25 heavy (non-hydrogen) atoms. The van der Waals surface area contributed by atoms with Crippen molar-refractivity contribution in [1.29, 1.82) is 0 Å². The monoisotopic (exact) mass is 395 g/mol. The minimum absolute atomic E-state index is 0.151. The van der Waals surface area contributed by atoms with E-state index in [1.54, 1.807) is 30.3 Å². The summed E-state index contributed by atoms with van der Waals surface area (Å²) in [5.74, 6) is -0.0203. The summed E-state index contributed by atoms with van der Waals surface area (Å²) in [5.41, 5.74) is 0.321. The first-order chi connectivity index (χ1) is 12.1. The van der Waals surface area contributed by atoms with E-state index >= 15 is 0 Å². The lowest BCUT2D eigenvalue weighted by atomic mass is 10.3. The molecule has 2 N–H and O–H groups in total. The SMILES string of the molecule is O=C(CSc1nnc(Nc2ccccc2F)s1)Nc1ccc(Cl)cn1. The summed E-state index contributed by atoms with van der Waals surface area (Å²) >= 11 is 8.21. The Morgan fingerprint density at radius 2 is 2.08 bits per heavy atom. The number of carbonyl (C=O) groups is 1. The Morgan fingerprint density at radius 3 is 2.84 bits per heavy atom. The van der Waals surface area contributed by atoms with Gasteiger partial charge in [-0.1, -0.05) is 46.8 Å². The number of thioether (sulfide) groups is 1. The van der Waals surface area contributed by atoms with Crippen LogP contribution in [0.25, 0.3) is 0 Å². The van der Waals surface area contributed by atoms with Crippen LogP contribution in [0.2, 0.25) is 5.02 Å². The number of para-hydroxylation sites is 1. The van der Waals surface area contributed by atoms with Crippen molar-refractivity contribution in [1.82, 2.24) is 15.2 Å². The van der Waals surface area contributed by atoms with Crippen molar-refractivity contribution < 1.29 is 9.18 Å². The second-order valence-corrected chi connectivity index (χ2v) is 7.31. The van der Waals surface area contributed by atoms with Crippen molar-refractivity contribution in [3.63, 3.8) is 0 Å². The quantitative estimate of drug-likeness (QED) is 0.609. The Morgan fingerprint density at radius 1 is 1.24 bits per heavy atom. The molecule has 1 amide bonds. The van der Waals surface area contributed by atoms with Crippen LogP contribution in [0.4, 0.5) is 21.0 Å². The number of hydrogen-bond donors (Lipinski definition) is 2. The van der Waals surface area contributed by atoms with Gasteiger partial charge in [-0.05, 0) is 24.3 Å². The molecule has 0 saturated carbocycles. The number of aromatic nitrogens is 3. The smallest absolute Gasteiger partial charge is 0.235 e. The molecule has 3 rings (SSSR count). The summed E-state index contributed by atoms with van der Waals surface area (Å²) < 4.78 is 14.2. The summed E-state index contributed by atoms with van der Waals surface area (Å²) in [5, 5.41) is 14.4. The van der Waals surface area contributed by atoms with Crippen molar-refractivity contribution in [2.24, 2.45) is 0 Å². The number of pyridine rings is 1. The molecule has 2 heterocycles. The molecule has 0 aliphatic rings. The highest BCUT2D eigenvalue weighted by Gasteiger charge is 2.10. The van der Waals surface area contributed by atoms with E-state index in [2.05, 4.69) is 25.8 Å². The maximum Gasteiger partial charge on any atom is 0.235 e. The van der Waals surface area contributed by atoms with Crippen LogP contribution in [0.1, 0.15) is 0 Å². The van der Waals surface area contributed by atoms with Crippen LogP contribution < -0.4 is 10.6 Å². The molecule has 0 unspecified atom stereocenters. The molecule has 0 aliphatic carbocycles. The van der Waals surface area contributed by atoms with E-state index in [4.69, 9.17) is 11.6 Å². The first kappa shape index (κ1) is 17.6. The number of amides is 1. The minimum Gasteiger partial charge on any atom is -0.328 e. The van der Waals surface area contributed by atoms with E-state index in [1.165, 1.54) is 35.4 Å². The van der Waals surface area contributed by atoms with Gasteiger partial charge in [-0.25, -0.2) is 9.37 Å². The highest BCUT2D eigenvalue weighted by Crippen LogP contribution is 2.28. The third-order valence-corrected chi connectivity index (χ3v) is 5.04. The topological polar surface area (TPSA) is 79.8 Å². The van der Waals surface area contributed by atoms with Crippen LogP contribution in [0.15, 0.2) is 46.9 Å². The molecule has 0 radical (unpaired) electrons. The third-order valence-electron chi connectivity index (χ3n) is 2.84. The van der Waals surface area contributed by atoms with E-state index in [0.717, 1.165) is 0 Å². The van der Waals surface area contributed by atoms with Crippen LogP contribution in [0.3, 0.4) is 0 Å². The van der Waals surface area contributed by atoms with Crippen LogP contribution in [0.5, 0.6) is 0 Å². The average Bonchev–Trinajstić information content (AvgIpc) is 3.05. The fourth-order valence-electron chi connectivity index (χ4n) is 1.75. The molecular weight excluding hydrogens is 385 g/mol. The van der Waals surface area contributed by atoms with Gasteiger partial charge in [0.15, 0.2) is 4.34 Å². The van der Waals surface area contributed by atoms with Crippen LogP contribution in [-0.2, 0) is 4.79 Å². The largest absolute Gasteiger partial charge is 0.328 e. The number of nitrogens with one attached hydrogen (secondary N) is 2. The van der Waals surface area contributed by atoms with Crippen molar-refractivity contribution in [2.75, 3.05) is 16.4 Å². The Hall–Kier alpha value is -2.23. The van der Waals surface area contributed by atoms with Crippen molar-refractivity contribution >= 4 is 57.2 Å². The molecule has 1 aromatic carbocycles. The highest BCUT2D eigenvalue weighted by atomic mass is 35.5. The van der Waals surface area contributed by atoms with Crippen LogP contribution >= 0.6 is 34.7 Å². The first-order valence-corrected chi connectivity index (χ1v) is 9.17. The molecule has 0 atom stereocenters. The Balaban J connectivity index is 1.52. The van der Waals surface area contributed by atoms with Gasteiger partial charge in [0.05, 0.1) is 16.5 Å². The zero-order chi connectivity index (χ0) is 17.6. The second-order valence-electron chi connectivity index (χ2n) is 4.68. The lowest BCUT2D eigenvalue weighted by Gasteiger charge is -2.03. The van der Waals surface area contributed by atoms with E-state index in [-0.39, 0.29) is 17.5 Å². The van der Waals surface area contributed by atoms with Gasteiger partial charge in [-0.3, -0.25) is 4.79 Å². The van der Waals surface area contributed by atoms with Crippen LogP contribution in [0, 0.1) is 5.82 Å². The molecule has 2 aromatic heterocycles. The molecule has 0 spiro atoms. The molecule has 10 heteroatoms. The average molecular weight is 396 g/mol. The molecule has 128 valence electrons. The van der Waals surface area contributed by atoms with Crippen molar-refractivity contribution in [2.45, 2.75) is 4.34 Å². The summed E-state index contributed by atoms with van der Waals surface area (Å²) in [7, 11) is 0. The van der Waals surface area contributed by atoms with Gasteiger partial charge in [0, 0.05) is 6.20 Å². The number of halogens is 2. The van der Waals surface area contributed by atoms with Gasteiger partial charge < -0.3 is 10.6 Å². The van der Waals surface area contributed by atoms with Crippen molar-refractivity contribution in [3.8, 4) is 0 Å². The molecule has 0 saturated heterocycles. The van der Waals surface area contributed by atoms with E-state index in [1.807, 2.05) is 0 Å². The Bertz CT molecular complexity index is 874. The zero-order valence-electron chi connectivity index (χ0n) is 12.6. The normalized spacial score (nSPS) is 10.5. The molecule has 0 bridgehead atoms. The predicted molar refractivity (Wildman–Crippen MR) is 98.2 cm³/mol. The number of hydrogen-bond acceptors (Lipinski definition) is 7. The molecule has 0 aliphatic heterocycles. The molecule has 3 aromatic rings. The van der Waals surface area contributed by atoms with E-state index in [9.17, 15) is 9.18 Å². The number of nitrogens with zero attached hydrogens (tertiary/aromatic N) is 3. The number of rotatable bonds is 6. The number of carbonyl (C=O) groups excluding carboxylic acids is 1. The van der Waals surface area contributed by atoms with Gasteiger partial charge in [-0.2, -0.15) is 0 Å². The zero-order valence-corrected chi connectivity index (χ0v) is 15.0. The maximum absolute atomic E-state index is 13.6. The van der Waals surface area contributed by atoms with E-state index in [0.29, 0.717) is 26.0 Å². The lowest BCUT2D eigenvalue weighted by Crippen LogP contribution is -2.14. The summed E-state index contributed by atoms with van der Waals surface area (Å²) in [6.07, 6.45) is 1.45. The summed E-state index contributed by atoms with van der Waals surface area (Å²) in [4.78, 5) is 15.9. The summed E-state index contributed by atoms with van der Waals surface area (Å²) in [6.45, 7) is 0. The fourth-order valence-corrected chi connectivity index (χ4v) is 3.43. The Kier molecular flexibility index (Phi) is 5.79. The van der Waals surface area contributed by atoms with Gasteiger partial charge in [0.1, 0.15) is 11.6 Å². The van der Waals surface area contributed by atoms with Gasteiger partial charge in [0.2, 0.25) is 11.0 Å². The number of benzene rings is 1. The van der Waals surface area contributed by atoms with Gasteiger partial charge in [-0.15, -0.1) is 10.2 Å². The number of anilines is 3. The third kappa shape index (κ3) is 5.12. The minimum atomic E-state index is -0.373. The molecule has 6 nitrogen and oxygen atoms in total. The predicted octanol–water partition coefficient (Wildman–Crippen LogP) is 4.20. The standard InChI is InChI=1S/C15H11ClFN5OS2/c16-9-5-6-12(18-7-9)20-13(23)8-24-15-22-21-14(25-15)19-11-4-2-1-3-10(11)17/h1-7H,8H2,(H,19,21)(H,18,20,23). The maximum atomic E-state index is 13.6. The molecular formula is C15H11ClFN5OS2. The molecule has 0 fully saturated rings. The van der Waals surface area contributed by atoms with Crippen LogP contribution in [-0.4, -0.2) is 26.8 Å². The van der Waals surface area contributed by atoms with Gasteiger partial charge >= 0.3 is 0 Å². The first-order valence-electron chi connectivity index (χ1n) is 6.99. The highest BCUT2D eigenvalue weighted by molar-refractivity contribution is 8.01.